The summed E-state index contributed by atoms with van der Waals surface area (Å²) >= 11 is 1.28. The third kappa shape index (κ3) is 2.41. The summed E-state index contributed by atoms with van der Waals surface area (Å²) in [6.07, 6.45) is 2.50. The van der Waals surface area contributed by atoms with Gasteiger partial charge >= 0.3 is 0 Å². The Morgan fingerprint density at radius 3 is 2.83 bits per heavy atom. The Morgan fingerprint density at radius 1 is 1.22 bits per heavy atom. The number of rotatable bonds is 3. The summed E-state index contributed by atoms with van der Waals surface area (Å²) in [5.74, 6) is 0. The van der Waals surface area contributed by atoms with E-state index in [0.717, 1.165) is 24.8 Å². The first-order valence-corrected chi connectivity index (χ1v) is 9.99. The molecule has 0 aliphatic heterocycles. The summed E-state index contributed by atoms with van der Waals surface area (Å²) in [4.78, 5) is 3.48. The Hall–Kier alpha value is -1.63. The fraction of sp³-hybridized carbons (Fsp3) is 0.294. The zero-order valence-electron chi connectivity index (χ0n) is 12.8. The first-order valence-electron chi connectivity index (χ1n) is 7.67. The number of nitrogens with zero attached hydrogens (tertiary/aromatic N) is 1. The quantitative estimate of drug-likeness (QED) is 0.790. The van der Waals surface area contributed by atoms with Gasteiger partial charge in [0.05, 0.1) is 0 Å². The summed E-state index contributed by atoms with van der Waals surface area (Å²) in [6, 6.07) is 11.7. The summed E-state index contributed by atoms with van der Waals surface area (Å²) in [7, 11) is -1.68. The largest absolute Gasteiger partial charge is 0.358 e. The fourth-order valence-electron chi connectivity index (χ4n) is 3.41. The Labute approximate surface area is 139 Å². The van der Waals surface area contributed by atoms with Crippen LogP contribution in [-0.4, -0.2) is 30.8 Å². The van der Waals surface area contributed by atoms with Gasteiger partial charge < -0.3 is 4.98 Å². The van der Waals surface area contributed by atoms with Crippen LogP contribution in [0.25, 0.3) is 10.9 Å². The van der Waals surface area contributed by atoms with Crippen molar-refractivity contribution in [1.29, 1.82) is 0 Å². The standard InChI is InChI=1S/C17H18N2O2S2/c1-19(23(20,21)17-7-4-10-22-17)12-8-9-16-14(11-12)13-5-2-3-6-15(13)18-16/h2-7,10,12,18H,8-9,11H2,1H3. The van der Waals surface area contributed by atoms with Gasteiger partial charge in [-0.3, -0.25) is 0 Å². The number of aryl methyl sites for hydroxylation is 1. The van der Waals surface area contributed by atoms with Gasteiger partial charge in [-0.05, 0) is 42.3 Å². The van der Waals surface area contributed by atoms with Crippen LogP contribution in [0.2, 0.25) is 0 Å². The average molecular weight is 346 g/mol. The van der Waals surface area contributed by atoms with Gasteiger partial charge in [0, 0.05) is 29.7 Å². The molecule has 0 amide bonds. The van der Waals surface area contributed by atoms with Crippen LogP contribution in [0.15, 0.2) is 46.0 Å². The molecule has 1 aliphatic rings. The molecule has 0 bridgehead atoms. The second-order valence-electron chi connectivity index (χ2n) is 5.98. The van der Waals surface area contributed by atoms with Crippen molar-refractivity contribution in [2.45, 2.75) is 29.5 Å². The number of para-hydroxylation sites is 1. The van der Waals surface area contributed by atoms with Crippen LogP contribution in [0.1, 0.15) is 17.7 Å². The van der Waals surface area contributed by atoms with Crippen LogP contribution in [0.4, 0.5) is 0 Å². The maximum absolute atomic E-state index is 12.7. The molecule has 3 aromatic rings. The number of aromatic nitrogens is 1. The minimum absolute atomic E-state index is 0.00815. The Kier molecular flexibility index (Phi) is 3.55. The number of nitrogens with one attached hydrogen (secondary N) is 1. The molecule has 23 heavy (non-hydrogen) atoms. The van der Waals surface area contributed by atoms with E-state index in [2.05, 4.69) is 17.1 Å². The smallest absolute Gasteiger partial charge is 0.252 e. The lowest BCUT2D eigenvalue weighted by atomic mass is 9.91. The van der Waals surface area contributed by atoms with Crippen molar-refractivity contribution in [3.8, 4) is 0 Å². The van der Waals surface area contributed by atoms with Crippen molar-refractivity contribution < 1.29 is 8.42 Å². The zero-order valence-corrected chi connectivity index (χ0v) is 14.5. The van der Waals surface area contributed by atoms with E-state index in [4.69, 9.17) is 0 Å². The Balaban J connectivity index is 1.68. The molecule has 1 atom stereocenters. The van der Waals surface area contributed by atoms with Crippen molar-refractivity contribution >= 4 is 32.3 Å². The second-order valence-corrected chi connectivity index (χ2v) is 9.15. The van der Waals surface area contributed by atoms with Crippen molar-refractivity contribution in [2.75, 3.05) is 7.05 Å². The molecule has 4 rings (SSSR count). The normalized spacial score (nSPS) is 18.4. The predicted octanol–water partition coefficient (Wildman–Crippen LogP) is 3.41. The van der Waals surface area contributed by atoms with Crippen molar-refractivity contribution in [2.24, 2.45) is 0 Å². The molecule has 0 saturated heterocycles. The molecule has 0 saturated carbocycles. The van der Waals surface area contributed by atoms with E-state index in [1.54, 1.807) is 28.9 Å². The lowest BCUT2D eigenvalue weighted by Crippen LogP contribution is -2.40. The molecule has 4 nitrogen and oxygen atoms in total. The summed E-state index contributed by atoms with van der Waals surface area (Å²) in [5, 5.41) is 3.02. The van der Waals surface area contributed by atoms with Crippen molar-refractivity contribution in [1.82, 2.24) is 9.29 Å². The third-order valence-electron chi connectivity index (χ3n) is 4.71. The molecule has 2 aromatic heterocycles. The maximum Gasteiger partial charge on any atom is 0.252 e. The van der Waals surface area contributed by atoms with E-state index < -0.39 is 10.0 Å². The first-order chi connectivity index (χ1) is 11.1. The molecule has 0 spiro atoms. The topological polar surface area (TPSA) is 53.2 Å². The van der Waals surface area contributed by atoms with E-state index >= 15 is 0 Å². The van der Waals surface area contributed by atoms with E-state index in [1.165, 1.54) is 28.0 Å². The number of fused-ring (bicyclic) bond motifs is 3. The molecule has 0 radical (unpaired) electrons. The van der Waals surface area contributed by atoms with Gasteiger partial charge in [0.25, 0.3) is 10.0 Å². The number of hydrogen-bond donors (Lipinski definition) is 1. The van der Waals surface area contributed by atoms with Crippen LogP contribution in [0.3, 0.4) is 0 Å². The summed E-state index contributed by atoms with van der Waals surface area (Å²) < 4.78 is 27.4. The monoisotopic (exact) mass is 346 g/mol. The minimum Gasteiger partial charge on any atom is -0.358 e. The first kappa shape index (κ1) is 14.9. The molecule has 2 heterocycles. The number of likely N-dealkylation sites (N-methyl/N-ethyl adjacent to an activating group) is 1. The molecule has 6 heteroatoms. The van der Waals surface area contributed by atoms with Crippen LogP contribution < -0.4 is 0 Å². The fourth-order valence-corrected chi connectivity index (χ4v) is 5.97. The maximum atomic E-state index is 12.7. The third-order valence-corrected chi connectivity index (χ3v) is 8.00. The zero-order chi connectivity index (χ0) is 16.0. The van der Waals surface area contributed by atoms with Crippen molar-refractivity contribution in [3.05, 3.63) is 53.0 Å². The van der Waals surface area contributed by atoms with Crippen molar-refractivity contribution in [3.63, 3.8) is 0 Å². The van der Waals surface area contributed by atoms with Gasteiger partial charge in [-0.15, -0.1) is 11.3 Å². The molecular formula is C17H18N2O2S2. The Bertz CT molecular complexity index is 942. The summed E-state index contributed by atoms with van der Waals surface area (Å²) in [6.45, 7) is 0. The SMILES string of the molecule is CN(C1CCc2[nH]c3ccccc3c2C1)S(=O)(=O)c1cccs1. The lowest BCUT2D eigenvalue weighted by molar-refractivity contribution is 0.336. The highest BCUT2D eigenvalue weighted by Gasteiger charge is 2.32. The highest BCUT2D eigenvalue weighted by molar-refractivity contribution is 7.91. The van der Waals surface area contributed by atoms with Gasteiger partial charge in [-0.25, -0.2) is 8.42 Å². The molecule has 120 valence electrons. The molecule has 1 aliphatic carbocycles. The van der Waals surface area contributed by atoms with E-state index in [0.29, 0.717) is 4.21 Å². The second kappa shape index (κ2) is 5.47. The molecular weight excluding hydrogens is 328 g/mol. The number of thiophene rings is 1. The number of aromatic amines is 1. The van der Waals surface area contributed by atoms with Gasteiger partial charge in [-0.1, -0.05) is 24.3 Å². The van der Waals surface area contributed by atoms with E-state index in [-0.39, 0.29) is 6.04 Å². The lowest BCUT2D eigenvalue weighted by Gasteiger charge is -2.30. The number of benzene rings is 1. The van der Waals surface area contributed by atoms with Crippen LogP contribution in [0, 0.1) is 0 Å². The molecule has 0 fully saturated rings. The van der Waals surface area contributed by atoms with Gasteiger partial charge in [0.2, 0.25) is 0 Å². The van der Waals surface area contributed by atoms with E-state index in [1.807, 2.05) is 12.1 Å². The van der Waals surface area contributed by atoms with Gasteiger partial charge in [0.15, 0.2) is 0 Å². The van der Waals surface area contributed by atoms with E-state index in [9.17, 15) is 8.42 Å². The van der Waals surface area contributed by atoms with Crippen LogP contribution in [-0.2, 0) is 22.9 Å². The molecule has 1 aromatic carbocycles. The highest BCUT2D eigenvalue weighted by atomic mass is 32.2. The number of hydrogen-bond acceptors (Lipinski definition) is 3. The van der Waals surface area contributed by atoms with Crippen LogP contribution in [0.5, 0.6) is 0 Å². The average Bonchev–Trinajstić information content (AvgIpc) is 3.21. The highest BCUT2D eigenvalue weighted by Crippen LogP contribution is 2.32. The molecule has 1 N–H and O–H groups in total. The number of H-pyrrole nitrogens is 1. The van der Waals surface area contributed by atoms with Gasteiger partial charge in [-0.2, -0.15) is 4.31 Å². The minimum atomic E-state index is -3.39. The van der Waals surface area contributed by atoms with Gasteiger partial charge in [0.1, 0.15) is 4.21 Å². The molecule has 1 unspecified atom stereocenters. The summed E-state index contributed by atoms with van der Waals surface area (Å²) in [5.41, 5.74) is 3.66. The van der Waals surface area contributed by atoms with Crippen LogP contribution >= 0.6 is 11.3 Å². The predicted molar refractivity (Wildman–Crippen MR) is 93.4 cm³/mol. The number of sulfonamides is 1. The Morgan fingerprint density at radius 2 is 2.04 bits per heavy atom.